The highest BCUT2D eigenvalue weighted by atomic mass is 32.1. The van der Waals surface area contributed by atoms with Gasteiger partial charge in [0.05, 0.1) is 30.3 Å². The van der Waals surface area contributed by atoms with Gasteiger partial charge in [0.1, 0.15) is 11.4 Å². The number of nitrogens with zero attached hydrogens (tertiary/aromatic N) is 4. The van der Waals surface area contributed by atoms with Crippen LogP contribution in [-0.4, -0.2) is 39.2 Å². The van der Waals surface area contributed by atoms with Gasteiger partial charge in [0.25, 0.3) is 0 Å². The van der Waals surface area contributed by atoms with Crippen molar-refractivity contribution in [2.24, 2.45) is 5.16 Å². The van der Waals surface area contributed by atoms with Crippen LogP contribution in [-0.2, 0) is 11.4 Å². The predicted octanol–water partition coefficient (Wildman–Crippen LogP) is 3.06. The van der Waals surface area contributed by atoms with Crippen molar-refractivity contribution >= 4 is 24.1 Å². The molecule has 1 aliphatic rings. The van der Waals surface area contributed by atoms with Gasteiger partial charge in [0, 0.05) is 13.3 Å². The summed E-state index contributed by atoms with van der Waals surface area (Å²) >= 11 is 4.71. The molecular formula is C18H22N4O3S. The van der Waals surface area contributed by atoms with E-state index in [1.165, 1.54) is 6.92 Å². The Hall–Kier alpha value is -2.35. The number of benzene rings is 1. The fourth-order valence-corrected chi connectivity index (χ4v) is 3.24. The van der Waals surface area contributed by atoms with E-state index in [1.807, 2.05) is 38.1 Å². The van der Waals surface area contributed by atoms with Gasteiger partial charge in [-0.3, -0.25) is 4.79 Å². The number of methoxy groups -OCH3 is 1. The second-order valence-corrected chi connectivity index (χ2v) is 7.41. The number of Topliss-reactive ketones (excluding diaryl/α,β-unsaturated/α-hetero) is 1. The first-order valence-electron chi connectivity index (χ1n) is 8.31. The minimum Gasteiger partial charge on any atom is -0.497 e. The highest BCUT2D eigenvalue weighted by Gasteiger charge is 2.35. The van der Waals surface area contributed by atoms with E-state index in [1.54, 1.807) is 11.8 Å². The molecule has 2 aromatic rings. The maximum Gasteiger partial charge on any atom is 0.182 e. The van der Waals surface area contributed by atoms with Crippen molar-refractivity contribution in [2.75, 3.05) is 7.11 Å². The second kappa shape index (κ2) is 7.11. The second-order valence-electron chi connectivity index (χ2n) is 6.90. The first-order chi connectivity index (χ1) is 12.3. The van der Waals surface area contributed by atoms with Gasteiger partial charge in [-0.05, 0) is 31.5 Å². The monoisotopic (exact) mass is 374 g/mol. The molecular weight excluding hydrogens is 352 g/mol. The van der Waals surface area contributed by atoms with Gasteiger partial charge in [-0.2, -0.15) is 12.6 Å². The Morgan fingerprint density at radius 3 is 2.62 bits per heavy atom. The Morgan fingerprint density at radius 2 is 2.08 bits per heavy atom. The maximum atomic E-state index is 12.0. The third kappa shape index (κ3) is 3.75. The molecule has 26 heavy (non-hydrogen) atoms. The lowest BCUT2D eigenvalue weighted by atomic mass is 9.98. The lowest BCUT2D eigenvalue weighted by Crippen LogP contribution is -2.22. The van der Waals surface area contributed by atoms with Crippen LogP contribution in [0.5, 0.6) is 5.75 Å². The van der Waals surface area contributed by atoms with Gasteiger partial charge in [-0.1, -0.05) is 22.5 Å². The van der Waals surface area contributed by atoms with Crippen molar-refractivity contribution in [1.82, 2.24) is 15.0 Å². The number of rotatable bonds is 6. The van der Waals surface area contributed by atoms with Crippen LogP contribution in [0.2, 0.25) is 0 Å². The molecule has 1 atom stereocenters. The van der Waals surface area contributed by atoms with Crippen LogP contribution in [0, 0.1) is 0 Å². The molecule has 0 aliphatic carbocycles. The number of carbonyl (C=O) groups is 1. The van der Waals surface area contributed by atoms with Crippen molar-refractivity contribution in [3.8, 4) is 5.75 Å². The molecule has 138 valence electrons. The number of hydrogen-bond acceptors (Lipinski definition) is 7. The summed E-state index contributed by atoms with van der Waals surface area (Å²) in [7, 11) is 1.63. The zero-order chi connectivity index (χ0) is 18.9. The van der Waals surface area contributed by atoms with Crippen LogP contribution in [0.4, 0.5) is 0 Å². The van der Waals surface area contributed by atoms with Crippen molar-refractivity contribution in [2.45, 2.75) is 44.6 Å². The SMILES string of the molecule is COc1ccc(Cn2nnc(C(C)=O)c2C(S)C2=NOC(C)(C)C2)cc1. The topological polar surface area (TPSA) is 78.6 Å². The number of aromatic nitrogens is 3. The van der Waals surface area contributed by atoms with Crippen LogP contribution in [0.3, 0.4) is 0 Å². The summed E-state index contributed by atoms with van der Waals surface area (Å²) in [5.74, 6) is 0.627. The van der Waals surface area contributed by atoms with Crippen LogP contribution in [0.15, 0.2) is 29.4 Å². The molecule has 1 aliphatic heterocycles. The average Bonchev–Trinajstić information content (AvgIpc) is 3.18. The molecule has 1 aromatic heterocycles. The standard InChI is InChI=1S/C18H22N4O3S/c1-11(23)15-16(17(26)14-9-18(2,3)25-20-14)22(21-19-15)10-12-5-7-13(24-4)8-6-12/h5-8,17,26H,9-10H2,1-4H3. The molecule has 0 fully saturated rings. The number of ether oxygens (including phenoxy) is 1. The van der Waals surface area contributed by atoms with E-state index in [0.29, 0.717) is 24.4 Å². The van der Waals surface area contributed by atoms with Crippen molar-refractivity contribution < 1.29 is 14.4 Å². The summed E-state index contributed by atoms with van der Waals surface area (Å²) in [6, 6.07) is 7.66. The Morgan fingerprint density at radius 1 is 1.38 bits per heavy atom. The van der Waals surface area contributed by atoms with Gasteiger partial charge in [-0.25, -0.2) is 4.68 Å². The Labute approximate surface area is 157 Å². The molecule has 0 spiro atoms. The molecule has 7 nitrogen and oxygen atoms in total. The molecule has 0 radical (unpaired) electrons. The van der Waals surface area contributed by atoms with Crippen molar-refractivity contribution in [3.05, 3.63) is 41.2 Å². The zero-order valence-corrected chi connectivity index (χ0v) is 16.2. The highest BCUT2D eigenvalue weighted by molar-refractivity contribution is 7.81. The summed E-state index contributed by atoms with van der Waals surface area (Å²) in [5.41, 5.74) is 2.35. The van der Waals surface area contributed by atoms with E-state index >= 15 is 0 Å². The summed E-state index contributed by atoms with van der Waals surface area (Å²) in [6.45, 7) is 5.86. The molecule has 0 bridgehead atoms. The third-order valence-corrected chi connectivity index (χ3v) is 4.73. The molecule has 8 heteroatoms. The molecule has 2 heterocycles. The van der Waals surface area contributed by atoms with Gasteiger partial charge in [-0.15, -0.1) is 5.10 Å². The minimum atomic E-state index is -0.413. The van der Waals surface area contributed by atoms with Gasteiger partial charge in [0.2, 0.25) is 0 Å². The molecule has 1 unspecified atom stereocenters. The minimum absolute atomic E-state index is 0.154. The molecule has 1 aromatic carbocycles. The fourth-order valence-electron chi connectivity index (χ4n) is 2.85. The summed E-state index contributed by atoms with van der Waals surface area (Å²) < 4.78 is 6.88. The molecule has 0 saturated carbocycles. The number of hydrogen-bond donors (Lipinski definition) is 1. The van der Waals surface area contributed by atoms with Crippen LogP contribution >= 0.6 is 12.6 Å². The van der Waals surface area contributed by atoms with Crippen molar-refractivity contribution in [1.29, 1.82) is 0 Å². The lowest BCUT2D eigenvalue weighted by Gasteiger charge is -2.16. The van der Waals surface area contributed by atoms with E-state index in [9.17, 15) is 4.79 Å². The van der Waals surface area contributed by atoms with E-state index in [4.69, 9.17) is 22.2 Å². The van der Waals surface area contributed by atoms with E-state index in [0.717, 1.165) is 17.0 Å². The highest BCUT2D eigenvalue weighted by Crippen LogP contribution is 2.33. The number of oxime groups is 1. The van der Waals surface area contributed by atoms with Crippen LogP contribution in [0.25, 0.3) is 0 Å². The van der Waals surface area contributed by atoms with Crippen LogP contribution in [0.1, 0.15) is 54.2 Å². The van der Waals surface area contributed by atoms with Crippen LogP contribution < -0.4 is 4.74 Å². The number of thiol groups is 1. The summed E-state index contributed by atoms with van der Waals surface area (Å²) in [4.78, 5) is 17.5. The number of ketones is 1. The Kier molecular flexibility index (Phi) is 5.04. The molecule has 0 N–H and O–H groups in total. The number of carbonyl (C=O) groups excluding carboxylic acids is 1. The maximum absolute atomic E-state index is 12.0. The lowest BCUT2D eigenvalue weighted by molar-refractivity contribution is 0.0123. The smallest absolute Gasteiger partial charge is 0.182 e. The van der Waals surface area contributed by atoms with Gasteiger partial charge < -0.3 is 9.57 Å². The Balaban J connectivity index is 1.92. The predicted molar refractivity (Wildman–Crippen MR) is 101 cm³/mol. The van der Waals surface area contributed by atoms with E-state index in [-0.39, 0.29) is 11.4 Å². The fraction of sp³-hybridized carbons (Fsp3) is 0.444. The average molecular weight is 374 g/mol. The van der Waals surface area contributed by atoms with E-state index in [2.05, 4.69) is 15.5 Å². The summed E-state index contributed by atoms with van der Waals surface area (Å²) in [6.07, 6.45) is 0.631. The van der Waals surface area contributed by atoms with Crippen molar-refractivity contribution in [3.63, 3.8) is 0 Å². The van der Waals surface area contributed by atoms with Gasteiger partial charge >= 0.3 is 0 Å². The van der Waals surface area contributed by atoms with Gasteiger partial charge in [0.15, 0.2) is 11.5 Å². The first-order valence-corrected chi connectivity index (χ1v) is 8.82. The quantitative estimate of drug-likeness (QED) is 0.621. The molecule has 0 saturated heterocycles. The molecule has 0 amide bonds. The molecule has 3 rings (SSSR count). The third-order valence-electron chi connectivity index (χ3n) is 4.19. The largest absolute Gasteiger partial charge is 0.497 e. The van der Waals surface area contributed by atoms with E-state index < -0.39 is 5.25 Å². The Bertz CT molecular complexity index is 843. The normalized spacial score (nSPS) is 16.7. The first kappa shape index (κ1) is 18.4. The zero-order valence-electron chi connectivity index (χ0n) is 15.3. The summed E-state index contributed by atoms with van der Waals surface area (Å²) in [5, 5.41) is 12.0.